The van der Waals surface area contributed by atoms with Gasteiger partial charge in [0.05, 0.1) is 17.2 Å². The first kappa shape index (κ1) is 24.8. The summed E-state index contributed by atoms with van der Waals surface area (Å²) in [7, 11) is 0. The van der Waals surface area contributed by atoms with Crippen molar-refractivity contribution in [2.24, 2.45) is 0 Å². The predicted molar refractivity (Wildman–Crippen MR) is 140 cm³/mol. The fourth-order valence-corrected chi connectivity index (χ4v) is 4.72. The predicted octanol–water partition coefficient (Wildman–Crippen LogP) is 6.99. The highest BCUT2D eigenvalue weighted by atomic mass is 79.9. The SMILES string of the molecule is CCOc1ccc(-c2nc(COc3ccc(OCC(=O)O)c(C)c3)sc2-c2ccc(Br)cc2)cc1. The van der Waals surface area contributed by atoms with Gasteiger partial charge in [0.2, 0.25) is 0 Å². The summed E-state index contributed by atoms with van der Waals surface area (Å²) in [6.07, 6.45) is 0. The van der Waals surface area contributed by atoms with Crippen LogP contribution in [0.25, 0.3) is 21.7 Å². The first-order valence-electron chi connectivity index (χ1n) is 11.0. The van der Waals surface area contributed by atoms with Gasteiger partial charge in [-0.2, -0.15) is 0 Å². The molecule has 180 valence electrons. The normalized spacial score (nSPS) is 10.7. The standard InChI is InChI=1S/C27H24BrNO5S/c1-3-32-21-10-6-18(7-11-21)26-27(19-4-8-20(28)9-5-19)35-24(29-26)15-33-22-12-13-23(17(2)14-22)34-16-25(30)31/h4-14H,3,15-16H2,1-2H3,(H,30,31). The number of halogens is 1. The summed E-state index contributed by atoms with van der Waals surface area (Å²) >= 11 is 5.10. The molecule has 0 saturated carbocycles. The van der Waals surface area contributed by atoms with E-state index in [1.54, 1.807) is 23.5 Å². The van der Waals surface area contributed by atoms with Crippen molar-refractivity contribution < 1.29 is 24.1 Å². The first-order valence-corrected chi connectivity index (χ1v) is 12.6. The second-order valence-corrected chi connectivity index (χ2v) is 9.65. The molecule has 0 unspecified atom stereocenters. The lowest BCUT2D eigenvalue weighted by Gasteiger charge is -2.09. The lowest BCUT2D eigenvalue weighted by molar-refractivity contribution is -0.139. The van der Waals surface area contributed by atoms with Crippen molar-refractivity contribution in [2.45, 2.75) is 20.5 Å². The zero-order valence-corrected chi connectivity index (χ0v) is 21.7. The molecule has 1 aromatic heterocycles. The van der Waals surface area contributed by atoms with Crippen LogP contribution in [0.2, 0.25) is 0 Å². The van der Waals surface area contributed by atoms with Gasteiger partial charge in [-0.3, -0.25) is 0 Å². The van der Waals surface area contributed by atoms with Crippen LogP contribution in [0.1, 0.15) is 17.5 Å². The number of aromatic nitrogens is 1. The molecule has 0 radical (unpaired) electrons. The second kappa shape index (κ2) is 11.4. The van der Waals surface area contributed by atoms with Gasteiger partial charge in [-0.25, -0.2) is 9.78 Å². The summed E-state index contributed by atoms with van der Waals surface area (Å²) in [6.45, 7) is 4.36. The molecule has 3 aromatic carbocycles. The van der Waals surface area contributed by atoms with Gasteiger partial charge in [-0.15, -0.1) is 11.3 Å². The Morgan fingerprint density at radius 2 is 1.63 bits per heavy atom. The van der Waals surface area contributed by atoms with Gasteiger partial charge in [0.15, 0.2) is 6.61 Å². The van der Waals surface area contributed by atoms with Crippen molar-refractivity contribution in [2.75, 3.05) is 13.2 Å². The molecule has 35 heavy (non-hydrogen) atoms. The van der Waals surface area contributed by atoms with Crippen LogP contribution in [0.15, 0.2) is 71.2 Å². The minimum Gasteiger partial charge on any atom is -0.494 e. The van der Waals surface area contributed by atoms with E-state index in [2.05, 4.69) is 28.1 Å². The number of rotatable bonds is 10. The molecule has 0 fully saturated rings. The fraction of sp³-hybridized carbons (Fsp3) is 0.185. The monoisotopic (exact) mass is 553 g/mol. The van der Waals surface area contributed by atoms with Crippen LogP contribution in [0.5, 0.6) is 17.2 Å². The molecule has 0 saturated heterocycles. The number of aryl methyl sites for hydroxylation is 1. The smallest absolute Gasteiger partial charge is 0.341 e. The van der Waals surface area contributed by atoms with Crippen molar-refractivity contribution in [1.82, 2.24) is 4.98 Å². The van der Waals surface area contributed by atoms with Crippen molar-refractivity contribution in [1.29, 1.82) is 0 Å². The number of carbonyl (C=O) groups is 1. The summed E-state index contributed by atoms with van der Waals surface area (Å²) in [5.74, 6) is 0.988. The Morgan fingerprint density at radius 3 is 2.29 bits per heavy atom. The molecule has 1 N–H and O–H groups in total. The van der Waals surface area contributed by atoms with E-state index in [4.69, 9.17) is 24.3 Å². The van der Waals surface area contributed by atoms with Crippen molar-refractivity contribution in [3.05, 3.63) is 81.8 Å². The third kappa shape index (κ3) is 6.41. The number of hydrogen-bond donors (Lipinski definition) is 1. The average molecular weight is 554 g/mol. The van der Waals surface area contributed by atoms with Crippen LogP contribution >= 0.6 is 27.3 Å². The minimum atomic E-state index is -1.02. The van der Waals surface area contributed by atoms with Gasteiger partial charge >= 0.3 is 5.97 Å². The zero-order valence-electron chi connectivity index (χ0n) is 19.3. The maximum Gasteiger partial charge on any atom is 0.341 e. The quantitative estimate of drug-likeness (QED) is 0.228. The lowest BCUT2D eigenvalue weighted by atomic mass is 10.1. The van der Waals surface area contributed by atoms with Crippen LogP contribution in [-0.4, -0.2) is 29.3 Å². The van der Waals surface area contributed by atoms with Crippen LogP contribution in [0.4, 0.5) is 0 Å². The van der Waals surface area contributed by atoms with Crippen molar-refractivity contribution in [3.63, 3.8) is 0 Å². The number of hydrogen-bond acceptors (Lipinski definition) is 6. The Bertz CT molecular complexity index is 1300. The Labute approximate surface area is 216 Å². The van der Waals surface area contributed by atoms with E-state index in [9.17, 15) is 4.79 Å². The third-order valence-electron chi connectivity index (χ3n) is 5.08. The molecule has 0 aliphatic carbocycles. The Morgan fingerprint density at radius 1 is 0.943 bits per heavy atom. The fourth-order valence-electron chi connectivity index (χ4n) is 3.45. The van der Waals surface area contributed by atoms with E-state index in [0.29, 0.717) is 24.7 Å². The number of thiazole rings is 1. The molecular weight excluding hydrogens is 530 g/mol. The molecule has 0 aliphatic rings. The highest BCUT2D eigenvalue weighted by Gasteiger charge is 2.16. The first-order chi connectivity index (χ1) is 16.9. The minimum absolute atomic E-state index is 0.306. The molecule has 0 atom stereocenters. The molecule has 8 heteroatoms. The molecule has 0 aliphatic heterocycles. The summed E-state index contributed by atoms with van der Waals surface area (Å²) in [5.41, 5.74) is 3.78. The molecule has 0 bridgehead atoms. The third-order valence-corrected chi connectivity index (χ3v) is 6.68. The van der Waals surface area contributed by atoms with E-state index in [1.165, 1.54) is 0 Å². The molecule has 1 heterocycles. The van der Waals surface area contributed by atoms with Crippen molar-refractivity contribution >= 4 is 33.2 Å². The van der Waals surface area contributed by atoms with E-state index >= 15 is 0 Å². The Hall–Kier alpha value is -3.36. The Kier molecular flexibility index (Phi) is 8.05. The number of aliphatic carboxylic acids is 1. The maximum atomic E-state index is 10.7. The van der Waals surface area contributed by atoms with Crippen LogP contribution < -0.4 is 14.2 Å². The average Bonchev–Trinajstić information content (AvgIpc) is 3.27. The van der Waals surface area contributed by atoms with Gasteiger partial charge in [0.25, 0.3) is 0 Å². The molecule has 0 amide bonds. The molecule has 4 aromatic rings. The second-order valence-electron chi connectivity index (χ2n) is 7.65. The van der Waals surface area contributed by atoms with Gasteiger partial charge in [0, 0.05) is 10.0 Å². The summed E-state index contributed by atoms with van der Waals surface area (Å²) in [4.78, 5) is 16.7. The highest BCUT2D eigenvalue weighted by molar-refractivity contribution is 9.10. The van der Waals surface area contributed by atoms with Crippen LogP contribution in [0, 0.1) is 6.92 Å². The zero-order chi connectivity index (χ0) is 24.8. The summed E-state index contributed by atoms with van der Waals surface area (Å²) < 4.78 is 17.9. The number of nitrogens with zero attached hydrogens (tertiary/aromatic N) is 1. The van der Waals surface area contributed by atoms with Gasteiger partial charge in [-0.1, -0.05) is 28.1 Å². The number of benzene rings is 3. The number of ether oxygens (including phenoxy) is 3. The van der Waals surface area contributed by atoms with Crippen LogP contribution in [0.3, 0.4) is 0 Å². The topological polar surface area (TPSA) is 77.9 Å². The van der Waals surface area contributed by atoms with E-state index in [-0.39, 0.29) is 6.61 Å². The largest absolute Gasteiger partial charge is 0.494 e. The summed E-state index contributed by atoms with van der Waals surface area (Å²) in [6, 6.07) is 21.4. The molecule has 4 rings (SSSR count). The van der Waals surface area contributed by atoms with E-state index in [1.807, 2.05) is 56.3 Å². The summed E-state index contributed by atoms with van der Waals surface area (Å²) in [5, 5.41) is 9.65. The number of carboxylic acids is 1. The lowest BCUT2D eigenvalue weighted by Crippen LogP contribution is -2.10. The van der Waals surface area contributed by atoms with E-state index < -0.39 is 5.97 Å². The van der Waals surface area contributed by atoms with Gasteiger partial charge in [0.1, 0.15) is 28.9 Å². The van der Waals surface area contributed by atoms with Crippen LogP contribution in [-0.2, 0) is 11.4 Å². The molecule has 6 nitrogen and oxygen atoms in total. The van der Waals surface area contributed by atoms with Gasteiger partial charge in [-0.05, 0) is 79.6 Å². The van der Waals surface area contributed by atoms with Crippen molar-refractivity contribution in [3.8, 4) is 38.9 Å². The molecule has 0 spiro atoms. The van der Waals surface area contributed by atoms with Gasteiger partial charge < -0.3 is 19.3 Å². The Balaban J connectivity index is 1.57. The van der Waals surface area contributed by atoms with E-state index in [0.717, 1.165) is 42.5 Å². The maximum absolute atomic E-state index is 10.7. The number of carboxylic acid groups (broad SMARTS) is 1. The molecular formula is C27H24BrNO5S. The highest BCUT2D eigenvalue weighted by Crippen LogP contribution is 2.38.